The average molecular weight is 365 g/mol. The lowest BCUT2D eigenvalue weighted by atomic mass is 9.93. The van der Waals surface area contributed by atoms with Crippen LogP contribution in [0.3, 0.4) is 0 Å². The Balaban J connectivity index is 1.82. The number of hydrogen-bond acceptors (Lipinski definition) is 6. The lowest BCUT2D eigenvalue weighted by molar-refractivity contribution is -0.137. The van der Waals surface area contributed by atoms with Crippen molar-refractivity contribution < 1.29 is 14.3 Å². The van der Waals surface area contributed by atoms with Crippen LogP contribution >= 0.6 is 11.3 Å². The maximum absolute atomic E-state index is 12.8. The molecule has 1 saturated heterocycles. The zero-order valence-corrected chi connectivity index (χ0v) is 15.9. The molecule has 1 amide bonds. The second-order valence-corrected chi connectivity index (χ2v) is 8.46. The first-order chi connectivity index (χ1) is 11.6. The average Bonchev–Trinajstić information content (AvgIpc) is 3.08. The van der Waals surface area contributed by atoms with Gasteiger partial charge in [0.25, 0.3) is 11.5 Å². The summed E-state index contributed by atoms with van der Waals surface area (Å²) in [5.74, 6) is -1.10. The molecule has 1 aliphatic heterocycles. The molecule has 1 atom stereocenters. The van der Waals surface area contributed by atoms with Crippen molar-refractivity contribution in [1.82, 2.24) is 14.7 Å². The number of thiazole rings is 1. The van der Waals surface area contributed by atoms with E-state index in [0.717, 1.165) is 5.69 Å². The van der Waals surface area contributed by atoms with E-state index in [4.69, 9.17) is 9.47 Å². The number of carbonyl (C=O) groups excluding carboxylic acids is 1. The number of amides is 1. The molecule has 2 aromatic rings. The molecule has 0 aromatic carbocycles. The van der Waals surface area contributed by atoms with Crippen LogP contribution in [0.25, 0.3) is 4.96 Å². The molecule has 136 valence electrons. The van der Waals surface area contributed by atoms with E-state index in [0.29, 0.717) is 11.6 Å². The van der Waals surface area contributed by atoms with Gasteiger partial charge < -0.3 is 14.8 Å². The van der Waals surface area contributed by atoms with Gasteiger partial charge in [0.1, 0.15) is 11.7 Å². The molecular weight excluding hydrogens is 342 g/mol. The number of nitrogens with one attached hydrogen (secondary N) is 1. The predicted octanol–water partition coefficient (Wildman–Crippen LogP) is 1.93. The van der Waals surface area contributed by atoms with Gasteiger partial charge in [0.15, 0.2) is 10.7 Å². The van der Waals surface area contributed by atoms with Crippen molar-refractivity contribution in [2.45, 2.75) is 51.9 Å². The van der Waals surface area contributed by atoms with Crippen molar-refractivity contribution in [1.29, 1.82) is 0 Å². The summed E-state index contributed by atoms with van der Waals surface area (Å²) in [7, 11) is 0. The summed E-state index contributed by atoms with van der Waals surface area (Å²) < 4.78 is 12.6. The number of fused-ring (bicyclic) bond motifs is 1. The van der Waals surface area contributed by atoms with E-state index in [-0.39, 0.29) is 29.2 Å². The molecule has 0 bridgehead atoms. The minimum atomic E-state index is -0.645. The van der Waals surface area contributed by atoms with Gasteiger partial charge in [-0.2, -0.15) is 0 Å². The van der Waals surface area contributed by atoms with Gasteiger partial charge in [-0.25, -0.2) is 4.98 Å². The smallest absolute Gasteiger partial charge is 0.271 e. The molecule has 1 aliphatic rings. The van der Waals surface area contributed by atoms with Gasteiger partial charge >= 0.3 is 0 Å². The molecule has 0 radical (unpaired) electrons. The van der Waals surface area contributed by atoms with Crippen LogP contribution in [-0.2, 0) is 14.9 Å². The van der Waals surface area contributed by atoms with E-state index in [1.807, 2.05) is 40.0 Å². The van der Waals surface area contributed by atoms with Gasteiger partial charge in [-0.3, -0.25) is 14.0 Å². The highest BCUT2D eigenvalue weighted by Crippen LogP contribution is 2.25. The van der Waals surface area contributed by atoms with E-state index in [1.165, 1.54) is 21.9 Å². The van der Waals surface area contributed by atoms with E-state index < -0.39 is 11.7 Å². The van der Waals surface area contributed by atoms with Gasteiger partial charge in [0, 0.05) is 29.2 Å². The van der Waals surface area contributed by atoms with Crippen LogP contribution in [0.2, 0.25) is 0 Å². The van der Waals surface area contributed by atoms with Crippen molar-refractivity contribution in [3.05, 3.63) is 33.2 Å². The third kappa shape index (κ3) is 3.61. The van der Waals surface area contributed by atoms with Crippen molar-refractivity contribution >= 4 is 22.2 Å². The van der Waals surface area contributed by atoms with Gasteiger partial charge in [-0.1, -0.05) is 20.8 Å². The SMILES string of the molecule is CC1(C)OCC(CNC(=O)c2cnc3scc(C(C)(C)C)n3c2=O)O1. The molecule has 3 heterocycles. The van der Waals surface area contributed by atoms with Crippen LogP contribution in [0.1, 0.15) is 50.7 Å². The van der Waals surface area contributed by atoms with E-state index in [1.54, 1.807) is 0 Å². The summed E-state index contributed by atoms with van der Waals surface area (Å²) >= 11 is 1.39. The summed E-state index contributed by atoms with van der Waals surface area (Å²) in [5.41, 5.74) is 0.297. The van der Waals surface area contributed by atoms with Gasteiger partial charge in [0.05, 0.1) is 6.61 Å². The minimum Gasteiger partial charge on any atom is -0.349 e. The first-order valence-corrected chi connectivity index (χ1v) is 9.06. The van der Waals surface area contributed by atoms with E-state index in [9.17, 15) is 9.59 Å². The van der Waals surface area contributed by atoms with Crippen LogP contribution in [-0.4, -0.2) is 40.3 Å². The first kappa shape index (κ1) is 18.0. The van der Waals surface area contributed by atoms with Crippen LogP contribution < -0.4 is 10.9 Å². The largest absolute Gasteiger partial charge is 0.349 e. The Morgan fingerprint density at radius 2 is 2.20 bits per heavy atom. The normalized spacial score (nSPS) is 20.1. The van der Waals surface area contributed by atoms with Crippen LogP contribution in [0.5, 0.6) is 0 Å². The van der Waals surface area contributed by atoms with Crippen LogP contribution in [0, 0.1) is 0 Å². The number of ether oxygens (including phenoxy) is 2. The molecule has 25 heavy (non-hydrogen) atoms. The molecule has 8 heteroatoms. The van der Waals surface area contributed by atoms with Crippen molar-refractivity contribution in [3.63, 3.8) is 0 Å². The summed E-state index contributed by atoms with van der Waals surface area (Å²) in [4.78, 5) is 30.1. The Morgan fingerprint density at radius 1 is 1.48 bits per heavy atom. The van der Waals surface area contributed by atoms with Gasteiger partial charge in [0.2, 0.25) is 0 Å². The van der Waals surface area contributed by atoms with Crippen molar-refractivity contribution in [3.8, 4) is 0 Å². The quantitative estimate of drug-likeness (QED) is 0.899. The standard InChI is InChI=1S/C17H23N3O4S/c1-16(2,3)12-9-25-15-19-7-11(14(22)20(12)15)13(21)18-6-10-8-23-17(4,5)24-10/h7,9-10H,6,8H2,1-5H3,(H,18,21). The highest BCUT2D eigenvalue weighted by molar-refractivity contribution is 7.15. The monoisotopic (exact) mass is 365 g/mol. The zero-order chi connectivity index (χ0) is 18.4. The highest BCUT2D eigenvalue weighted by atomic mass is 32.1. The van der Waals surface area contributed by atoms with Crippen molar-refractivity contribution in [2.75, 3.05) is 13.2 Å². The Morgan fingerprint density at radius 3 is 2.80 bits per heavy atom. The summed E-state index contributed by atoms with van der Waals surface area (Å²) in [6, 6.07) is 0. The molecule has 0 aliphatic carbocycles. The first-order valence-electron chi connectivity index (χ1n) is 8.18. The molecular formula is C17H23N3O4S. The number of carbonyl (C=O) groups is 1. The molecule has 1 fully saturated rings. The second kappa shape index (κ2) is 6.19. The number of nitrogens with zero attached hydrogens (tertiary/aromatic N) is 2. The van der Waals surface area contributed by atoms with Crippen molar-refractivity contribution in [2.24, 2.45) is 0 Å². The molecule has 0 spiro atoms. The second-order valence-electron chi connectivity index (χ2n) is 7.63. The topological polar surface area (TPSA) is 81.9 Å². The Labute approximate surface area is 150 Å². The number of aromatic nitrogens is 2. The Bertz CT molecular complexity index is 863. The lowest BCUT2D eigenvalue weighted by Crippen LogP contribution is -2.38. The maximum atomic E-state index is 12.8. The predicted molar refractivity (Wildman–Crippen MR) is 95.3 cm³/mol. The lowest BCUT2D eigenvalue weighted by Gasteiger charge is -2.18. The third-order valence-electron chi connectivity index (χ3n) is 4.02. The fourth-order valence-electron chi connectivity index (χ4n) is 2.73. The molecule has 3 rings (SSSR count). The van der Waals surface area contributed by atoms with Gasteiger partial charge in [-0.05, 0) is 13.8 Å². The Hall–Kier alpha value is -1.77. The number of rotatable bonds is 3. The fourth-order valence-corrected chi connectivity index (χ4v) is 3.81. The highest BCUT2D eigenvalue weighted by Gasteiger charge is 2.33. The summed E-state index contributed by atoms with van der Waals surface area (Å²) in [6.45, 7) is 10.4. The molecule has 2 aromatic heterocycles. The molecule has 1 unspecified atom stereocenters. The summed E-state index contributed by atoms with van der Waals surface area (Å²) in [5, 5.41) is 4.65. The van der Waals surface area contributed by atoms with E-state index >= 15 is 0 Å². The van der Waals surface area contributed by atoms with E-state index in [2.05, 4.69) is 10.3 Å². The van der Waals surface area contributed by atoms with Crippen LogP contribution in [0.4, 0.5) is 0 Å². The summed E-state index contributed by atoms with van der Waals surface area (Å²) in [6.07, 6.45) is 1.11. The molecule has 1 N–H and O–H groups in total. The minimum absolute atomic E-state index is 0.0274. The van der Waals surface area contributed by atoms with Crippen LogP contribution in [0.15, 0.2) is 16.4 Å². The molecule has 7 nitrogen and oxygen atoms in total. The number of hydrogen-bond donors (Lipinski definition) is 1. The van der Waals surface area contributed by atoms with Gasteiger partial charge in [-0.15, -0.1) is 11.3 Å². The third-order valence-corrected chi connectivity index (χ3v) is 4.86. The maximum Gasteiger partial charge on any atom is 0.271 e. The fraction of sp³-hybridized carbons (Fsp3) is 0.588. The molecule has 0 saturated carbocycles. The zero-order valence-electron chi connectivity index (χ0n) is 15.1. The Kier molecular flexibility index (Phi) is 4.47.